The fourth-order valence-electron chi connectivity index (χ4n) is 2.92. The van der Waals surface area contributed by atoms with Gasteiger partial charge in [-0.3, -0.25) is 4.79 Å². The second kappa shape index (κ2) is 9.46. The average Bonchev–Trinajstić information content (AvgIpc) is 3.03. The molecule has 1 fully saturated rings. The Labute approximate surface area is 164 Å². The van der Waals surface area contributed by atoms with Crippen molar-refractivity contribution in [2.24, 2.45) is 0 Å². The first-order chi connectivity index (χ1) is 13.2. The van der Waals surface area contributed by atoms with Crippen molar-refractivity contribution in [2.75, 3.05) is 12.3 Å². The third-order valence-electron chi connectivity index (χ3n) is 4.32. The molecule has 2 aromatic rings. The summed E-state index contributed by atoms with van der Waals surface area (Å²) in [6, 6.07) is 17.4. The number of hydrogen-bond acceptors (Lipinski definition) is 4. The minimum atomic E-state index is -0.447. The number of benzene rings is 2. The molecule has 0 radical (unpaired) electrons. The van der Waals surface area contributed by atoms with Gasteiger partial charge in [0.2, 0.25) is 5.91 Å². The molecule has 142 valence electrons. The summed E-state index contributed by atoms with van der Waals surface area (Å²) in [7, 11) is 0. The first-order valence-electron chi connectivity index (χ1n) is 9.18. The molecule has 27 heavy (non-hydrogen) atoms. The quantitative estimate of drug-likeness (QED) is 0.721. The van der Waals surface area contributed by atoms with Gasteiger partial charge in [0, 0.05) is 13.1 Å². The molecule has 2 aromatic carbocycles. The molecule has 1 saturated heterocycles. The van der Waals surface area contributed by atoms with Crippen LogP contribution >= 0.6 is 11.8 Å². The lowest BCUT2D eigenvalue weighted by molar-refractivity contribution is -0.128. The van der Waals surface area contributed by atoms with E-state index in [-0.39, 0.29) is 11.3 Å². The molecule has 1 N–H and O–H groups in total. The summed E-state index contributed by atoms with van der Waals surface area (Å²) >= 11 is 1.60. The first kappa shape index (κ1) is 19.3. The van der Waals surface area contributed by atoms with Gasteiger partial charge in [0.25, 0.3) is 0 Å². The third-order valence-corrected chi connectivity index (χ3v) is 5.57. The molecule has 0 spiro atoms. The molecule has 5 nitrogen and oxygen atoms in total. The standard InChI is InChI=1S/C21H24N2O3S/c1-2-3-12-22-21(25)26-18-11-7-10-17(13-18)20-23(19(24)15-27-20)14-16-8-5-4-6-9-16/h4-11,13,20H,2-3,12,14-15H2,1H3,(H,22,25)/t20-/m1/s1. The van der Waals surface area contributed by atoms with Crippen molar-refractivity contribution in [3.8, 4) is 5.75 Å². The fourth-order valence-corrected chi connectivity index (χ4v) is 4.10. The Morgan fingerprint density at radius 2 is 2.04 bits per heavy atom. The van der Waals surface area contributed by atoms with Gasteiger partial charge in [0.1, 0.15) is 11.1 Å². The summed E-state index contributed by atoms with van der Waals surface area (Å²) in [6.07, 6.45) is 1.49. The lowest BCUT2D eigenvalue weighted by Crippen LogP contribution is -2.28. The van der Waals surface area contributed by atoms with Gasteiger partial charge < -0.3 is 15.0 Å². The van der Waals surface area contributed by atoms with Gasteiger partial charge in [-0.1, -0.05) is 55.8 Å². The maximum Gasteiger partial charge on any atom is 0.412 e. The van der Waals surface area contributed by atoms with Crippen LogP contribution in [0.5, 0.6) is 5.75 Å². The Bertz CT molecular complexity index is 782. The number of unbranched alkanes of at least 4 members (excludes halogenated alkanes) is 1. The van der Waals surface area contributed by atoms with Crippen LogP contribution in [-0.4, -0.2) is 29.2 Å². The number of carbonyl (C=O) groups is 2. The van der Waals surface area contributed by atoms with Gasteiger partial charge in [-0.2, -0.15) is 0 Å². The number of amides is 2. The van der Waals surface area contributed by atoms with Crippen molar-refractivity contribution in [2.45, 2.75) is 31.7 Å². The Morgan fingerprint density at radius 1 is 1.22 bits per heavy atom. The predicted octanol–water partition coefficient (Wildman–Crippen LogP) is 4.35. The second-order valence-corrected chi connectivity index (χ2v) is 7.48. The van der Waals surface area contributed by atoms with Gasteiger partial charge in [-0.05, 0) is 29.7 Å². The number of thioether (sulfide) groups is 1. The fraction of sp³-hybridized carbons (Fsp3) is 0.333. The van der Waals surface area contributed by atoms with Crippen LogP contribution in [0.2, 0.25) is 0 Å². The van der Waals surface area contributed by atoms with Gasteiger partial charge in [-0.15, -0.1) is 11.8 Å². The van der Waals surface area contributed by atoms with E-state index in [9.17, 15) is 9.59 Å². The highest BCUT2D eigenvalue weighted by Gasteiger charge is 2.33. The van der Waals surface area contributed by atoms with Crippen molar-refractivity contribution in [3.63, 3.8) is 0 Å². The van der Waals surface area contributed by atoms with Crippen molar-refractivity contribution < 1.29 is 14.3 Å². The van der Waals surface area contributed by atoms with Gasteiger partial charge in [-0.25, -0.2) is 4.79 Å². The highest BCUT2D eigenvalue weighted by Crippen LogP contribution is 2.40. The normalized spacial score (nSPS) is 16.4. The Hall–Kier alpha value is -2.47. The summed E-state index contributed by atoms with van der Waals surface area (Å²) in [4.78, 5) is 26.1. The number of hydrogen-bond donors (Lipinski definition) is 1. The maximum atomic E-state index is 12.4. The Balaban J connectivity index is 1.69. The number of ether oxygens (including phenoxy) is 1. The van der Waals surface area contributed by atoms with Crippen LogP contribution in [0.15, 0.2) is 54.6 Å². The molecule has 0 unspecified atom stereocenters. The molecule has 0 aliphatic carbocycles. The largest absolute Gasteiger partial charge is 0.412 e. The molecule has 0 bridgehead atoms. The topological polar surface area (TPSA) is 58.6 Å². The SMILES string of the molecule is CCCCNC(=O)Oc1cccc([C@H]2SCC(=O)N2Cc2ccccc2)c1. The van der Waals surface area contributed by atoms with E-state index in [0.717, 1.165) is 24.0 Å². The van der Waals surface area contributed by atoms with Crippen LogP contribution in [0.25, 0.3) is 0 Å². The Kier molecular flexibility index (Phi) is 6.76. The van der Waals surface area contributed by atoms with E-state index < -0.39 is 6.09 Å². The van der Waals surface area contributed by atoms with Gasteiger partial charge >= 0.3 is 6.09 Å². The monoisotopic (exact) mass is 384 g/mol. The summed E-state index contributed by atoms with van der Waals surface area (Å²) < 4.78 is 5.38. The third kappa shape index (κ3) is 5.26. The molecule has 0 aromatic heterocycles. The molecule has 2 amide bonds. The van der Waals surface area contributed by atoms with E-state index >= 15 is 0 Å². The van der Waals surface area contributed by atoms with Crippen LogP contribution in [0.1, 0.15) is 36.3 Å². The average molecular weight is 385 g/mol. The van der Waals surface area contributed by atoms with E-state index in [1.54, 1.807) is 17.8 Å². The number of nitrogens with zero attached hydrogens (tertiary/aromatic N) is 1. The van der Waals surface area contributed by atoms with E-state index in [4.69, 9.17) is 4.74 Å². The molecule has 1 heterocycles. The molecular weight excluding hydrogens is 360 g/mol. The van der Waals surface area contributed by atoms with E-state index in [1.807, 2.05) is 53.4 Å². The predicted molar refractivity (Wildman–Crippen MR) is 108 cm³/mol. The number of carbonyl (C=O) groups excluding carboxylic acids is 2. The van der Waals surface area contributed by atoms with Crippen molar-refractivity contribution in [1.82, 2.24) is 10.2 Å². The summed E-state index contributed by atoms with van der Waals surface area (Å²) in [5.74, 6) is 1.07. The zero-order valence-corrected chi connectivity index (χ0v) is 16.2. The molecule has 0 saturated carbocycles. The maximum absolute atomic E-state index is 12.4. The zero-order chi connectivity index (χ0) is 19.1. The molecule has 1 aliphatic rings. The summed E-state index contributed by atoms with van der Waals surface area (Å²) in [5.41, 5.74) is 2.06. The highest BCUT2D eigenvalue weighted by molar-refractivity contribution is 8.00. The highest BCUT2D eigenvalue weighted by atomic mass is 32.2. The summed E-state index contributed by atoms with van der Waals surface area (Å²) in [6.45, 7) is 3.24. The molecule has 1 atom stereocenters. The molecular formula is C21H24N2O3S. The van der Waals surface area contributed by atoms with Crippen LogP contribution < -0.4 is 10.1 Å². The van der Waals surface area contributed by atoms with Crippen molar-refractivity contribution >= 4 is 23.8 Å². The lowest BCUT2D eigenvalue weighted by Gasteiger charge is -2.24. The van der Waals surface area contributed by atoms with Crippen molar-refractivity contribution in [3.05, 3.63) is 65.7 Å². The first-order valence-corrected chi connectivity index (χ1v) is 10.2. The minimum Gasteiger partial charge on any atom is -0.410 e. The van der Waals surface area contributed by atoms with E-state index in [1.165, 1.54) is 0 Å². The van der Waals surface area contributed by atoms with Gasteiger partial charge in [0.15, 0.2) is 0 Å². The van der Waals surface area contributed by atoms with Crippen LogP contribution in [0.3, 0.4) is 0 Å². The number of nitrogens with one attached hydrogen (secondary N) is 1. The van der Waals surface area contributed by atoms with E-state index in [2.05, 4.69) is 12.2 Å². The molecule has 6 heteroatoms. The van der Waals surface area contributed by atoms with E-state index in [0.29, 0.717) is 24.6 Å². The number of rotatable bonds is 7. The second-order valence-electron chi connectivity index (χ2n) is 6.41. The van der Waals surface area contributed by atoms with Crippen molar-refractivity contribution in [1.29, 1.82) is 0 Å². The van der Waals surface area contributed by atoms with Crippen LogP contribution in [0.4, 0.5) is 4.79 Å². The lowest BCUT2D eigenvalue weighted by atomic mass is 10.1. The molecule has 3 rings (SSSR count). The molecule has 1 aliphatic heterocycles. The summed E-state index contributed by atoms with van der Waals surface area (Å²) in [5, 5.41) is 2.66. The van der Waals surface area contributed by atoms with Crippen LogP contribution in [0, 0.1) is 0 Å². The zero-order valence-electron chi connectivity index (χ0n) is 15.4. The Morgan fingerprint density at radius 3 is 2.81 bits per heavy atom. The smallest absolute Gasteiger partial charge is 0.410 e. The minimum absolute atomic E-state index is 0.0793. The van der Waals surface area contributed by atoms with Gasteiger partial charge in [0.05, 0.1) is 5.75 Å². The van der Waals surface area contributed by atoms with Crippen LogP contribution in [-0.2, 0) is 11.3 Å².